The molecule has 0 aliphatic carbocycles. The van der Waals surface area contributed by atoms with E-state index >= 15 is 0 Å². The van der Waals surface area contributed by atoms with Gasteiger partial charge < -0.3 is 37.9 Å². The molecule has 0 saturated heterocycles. The summed E-state index contributed by atoms with van der Waals surface area (Å²) in [6.45, 7) is 7.55. The Morgan fingerprint density at radius 3 is 1.09 bits per heavy atom. The Bertz CT molecular complexity index is 485. The largest absolute Gasteiger partial charge is 0.382 e. The molecule has 1 aliphatic rings. The van der Waals surface area contributed by atoms with Crippen LogP contribution in [0.15, 0.2) is 12.2 Å². The van der Waals surface area contributed by atoms with E-state index in [1.807, 2.05) is 0 Å². The monoisotopic (exact) mass is 463 g/mol. The van der Waals surface area contributed by atoms with Crippen molar-refractivity contribution in [2.24, 2.45) is 0 Å². The molecule has 11 heteroatoms. The number of imide groups is 1. The molecule has 1 heterocycles. The van der Waals surface area contributed by atoms with E-state index in [-0.39, 0.29) is 25.0 Å². The van der Waals surface area contributed by atoms with Gasteiger partial charge in [-0.2, -0.15) is 0 Å². The molecule has 0 fully saturated rings. The van der Waals surface area contributed by atoms with Crippen molar-refractivity contribution in [1.82, 2.24) is 4.90 Å². The first-order valence-corrected chi connectivity index (χ1v) is 10.8. The minimum atomic E-state index is -0.301. The highest BCUT2D eigenvalue weighted by Crippen LogP contribution is 2.02. The summed E-state index contributed by atoms with van der Waals surface area (Å²) in [6.07, 6.45) is 2.51. The van der Waals surface area contributed by atoms with Crippen LogP contribution in [0.4, 0.5) is 0 Å². The predicted molar refractivity (Wildman–Crippen MR) is 113 cm³/mol. The minimum Gasteiger partial charge on any atom is -0.382 e. The van der Waals surface area contributed by atoms with E-state index in [2.05, 4.69) is 0 Å². The molecule has 0 unspecified atom stereocenters. The van der Waals surface area contributed by atoms with Gasteiger partial charge in [0.25, 0.3) is 11.8 Å². The van der Waals surface area contributed by atoms with Crippen LogP contribution in [0.3, 0.4) is 0 Å². The average Bonchev–Trinajstić information content (AvgIpc) is 3.11. The summed E-state index contributed by atoms with van der Waals surface area (Å²) in [5.74, 6) is -0.603. The number of hydrogen-bond acceptors (Lipinski definition) is 10. The summed E-state index contributed by atoms with van der Waals surface area (Å²) >= 11 is 0. The van der Waals surface area contributed by atoms with Crippen LogP contribution in [0.25, 0.3) is 0 Å². The SMILES string of the molecule is COCCOCCOCCOCCOCCOCCOCCOCCN1C(=O)C=CC1=O. The van der Waals surface area contributed by atoms with E-state index in [1.54, 1.807) is 7.11 Å². The van der Waals surface area contributed by atoms with Gasteiger partial charge in [-0.15, -0.1) is 0 Å². The molecule has 0 aromatic carbocycles. The van der Waals surface area contributed by atoms with Gasteiger partial charge in [0.05, 0.1) is 106 Å². The van der Waals surface area contributed by atoms with Crippen molar-refractivity contribution in [3.8, 4) is 0 Å². The number of hydrogen-bond donors (Lipinski definition) is 0. The summed E-state index contributed by atoms with van der Waals surface area (Å²) in [5.41, 5.74) is 0. The number of methoxy groups -OCH3 is 1. The Labute approximate surface area is 189 Å². The van der Waals surface area contributed by atoms with Gasteiger partial charge in [-0.3, -0.25) is 14.5 Å². The second-order valence-corrected chi connectivity index (χ2v) is 6.44. The maximum absolute atomic E-state index is 11.3. The molecule has 0 radical (unpaired) electrons. The van der Waals surface area contributed by atoms with Gasteiger partial charge in [0.1, 0.15) is 0 Å². The van der Waals surface area contributed by atoms with Crippen LogP contribution in [0.1, 0.15) is 0 Å². The molecule has 11 nitrogen and oxygen atoms in total. The van der Waals surface area contributed by atoms with Gasteiger partial charge in [-0.25, -0.2) is 0 Å². The Balaban J connectivity index is 1.67. The van der Waals surface area contributed by atoms with Crippen LogP contribution in [0.5, 0.6) is 0 Å². The third-order valence-electron chi connectivity index (χ3n) is 4.02. The molecule has 0 N–H and O–H groups in total. The molecule has 2 amide bonds. The number of carbonyl (C=O) groups excluding carboxylic acids is 2. The fourth-order valence-electron chi connectivity index (χ4n) is 2.37. The van der Waals surface area contributed by atoms with Crippen LogP contribution in [0.2, 0.25) is 0 Å². The van der Waals surface area contributed by atoms with Crippen molar-refractivity contribution >= 4 is 11.8 Å². The third kappa shape index (κ3) is 16.2. The lowest BCUT2D eigenvalue weighted by Gasteiger charge is -2.13. The summed E-state index contributed by atoms with van der Waals surface area (Å²) in [6, 6.07) is 0. The summed E-state index contributed by atoms with van der Waals surface area (Å²) in [4.78, 5) is 23.8. The van der Waals surface area contributed by atoms with Gasteiger partial charge in [0.2, 0.25) is 0 Å². The minimum absolute atomic E-state index is 0.248. The molecule has 1 aliphatic heterocycles. The van der Waals surface area contributed by atoms with Crippen LogP contribution in [-0.4, -0.2) is 129 Å². The normalized spacial score (nSPS) is 13.6. The second kappa shape index (κ2) is 21.4. The maximum Gasteiger partial charge on any atom is 0.253 e. The summed E-state index contributed by atoms with van der Waals surface area (Å²) in [5, 5.41) is 0. The average molecular weight is 464 g/mol. The lowest BCUT2D eigenvalue weighted by atomic mass is 10.5. The first kappa shape index (κ1) is 28.6. The van der Waals surface area contributed by atoms with E-state index in [0.29, 0.717) is 92.5 Å². The van der Waals surface area contributed by atoms with Crippen molar-refractivity contribution in [1.29, 1.82) is 0 Å². The topological polar surface area (TPSA) is 111 Å². The standard InChI is InChI=1S/C21H37NO10/c1-25-6-7-27-10-11-29-14-15-31-18-19-32-17-16-30-13-12-28-9-8-26-5-4-22-20(23)2-3-21(22)24/h2-3H,4-19H2,1H3. The lowest BCUT2D eigenvalue weighted by molar-refractivity contribution is -0.137. The zero-order valence-corrected chi connectivity index (χ0v) is 19.0. The number of ether oxygens (including phenoxy) is 8. The smallest absolute Gasteiger partial charge is 0.253 e. The first-order chi connectivity index (χ1) is 15.8. The molecule has 0 atom stereocenters. The fraction of sp³-hybridized carbons (Fsp3) is 0.810. The third-order valence-corrected chi connectivity index (χ3v) is 4.02. The Morgan fingerprint density at radius 2 is 0.781 bits per heavy atom. The number of nitrogens with zero attached hydrogens (tertiary/aromatic N) is 1. The lowest BCUT2D eigenvalue weighted by Crippen LogP contribution is -2.33. The molecule has 1 rings (SSSR count). The van der Waals surface area contributed by atoms with E-state index in [0.717, 1.165) is 4.90 Å². The molecular formula is C21H37NO10. The Kier molecular flexibility index (Phi) is 19.1. The molecule has 0 saturated carbocycles. The van der Waals surface area contributed by atoms with Crippen molar-refractivity contribution in [2.75, 3.05) is 113 Å². The number of carbonyl (C=O) groups is 2. The van der Waals surface area contributed by atoms with Gasteiger partial charge in [-0.1, -0.05) is 0 Å². The van der Waals surface area contributed by atoms with Gasteiger partial charge >= 0.3 is 0 Å². The highest BCUT2D eigenvalue weighted by Gasteiger charge is 2.22. The van der Waals surface area contributed by atoms with E-state index in [4.69, 9.17) is 37.9 Å². The van der Waals surface area contributed by atoms with Crippen LogP contribution in [0, 0.1) is 0 Å². The molecule has 186 valence electrons. The highest BCUT2D eigenvalue weighted by molar-refractivity contribution is 6.12. The molecule has 32 heavy (non-hydrogen) atoms. The van der Waals surface area contributed by atoms with Crippen LogP contribution < -0.4 is 0 Å². The Hall–Kier alpha value is -1.44. The van der Waals surface area contributed by atoms with E-state index < -0.39 is 0 Å². The van der Waals surface area contributed by atoms with Gasteiger partial charge in [-0.05, 0) is 0 Å². The van der Waals surface area contributed by atoms with Gasteiger partial charge in [0, 0.05) is 19.3 Å². The molecule has 0 aromatic rings. The maximum atomic E-state index is 11.3. The van der Waals surface area contributed by atoms with Crippen molar-refractivity contribution in [3.63, 3.8) is 0 Å². The quantitative estimate of drug-likeness (QED) is 0.139. The Morgan fingerprint density at radius 1 is 0.500 bits per heavy atom. The van der Waals surface area contributed by atoms with Crippen LogP contribution in [-0.2, 0) is 47.5 Å². The zero-order chi connectivity index (χ0) is 23.1. The molecule has 0 spiro atoms. The molecular weight excluding hydrogens is 426 g/mol. The highest BCUT2D eigenvalue weighted by atomic mass is 16.6. The molecule has 0 bridgehead atoms. The summed E-state index contributed by atoms with van der Waals surface area (Å²) in [7, 11) is 1.64. The van der Waals surface area contributed by atoms with Crippen LogP contribution >= 0.6 is 0 Å². The summed E-state index contributed by atoms with van der Waals surface area (Å²) < 4.78 is 42.4. The number of amides is 2. The van der Waals surface area contributed by atoms with Gasteiger partial charge in [0.15, 0.2) is 0 Å². The second-order valence-electron chi connectivity index (χ2n) is 6.44. The van der Waals surface area contributed by atoms with E-state index in [1.165, 1.54) is 12.2 Å². The zero-order valence-electron chi connectivity index (χ0n) is 19.0. The van der Waals surface area contributed by atoms with E-state index in [9.17, 15) is 9.59 Å². The van der Waals surface area contributed by atoms with Crippen molar-refractivity contribution in [3.05, 3.63) is 12.2 Å². The van der Waals surface area contributed by atoms with Crippen molar-refractivity contribution in [2.45, 2.75) is 0 Å². The number of rotatable bonds is 24. The van der Waals surface area contributed by atoms with Crippen molar-refractivity contribution < 1.29 is 47.5 Å². The predicted octanol–water partition coefficient (Wildman–Crippen LogP) is -0.326. The first-order valence-electron chi connectivity index (χ1n) is 10.8. The molecule has 0 aromatic heterocycles. The fourth-order valence-corrected chi connectivity index (χ4v) is 2.37.